The predicted octanol–water partition coefficient (Wildman–Crippen LogP) is 4.15. The largest absolute Gasteiger partial charge is 0.464 e. The van der Waals surface area contributed by atoms with E-state index in [9.17, 15) is 9.59 Å². The monoisotopic (exact) mass is 401 g/mol. The van der Waals surface area contributed by atoms with E-state index in [1.165, 1.54) is 0 Å². The van der Waals surface area contributed by atoms with E-state index in [2.05, 4.69) is 10.9 Å². The van der Waals surface area contributed by atoms with Gasteiger partial charge in [0.1, 0.15) is 5.58 Å². The summed E-state index contributed by atoms with van der Waals surface area (Å²) >= 11 is 0. The maximum absolute atomic E-state index is 12.7. The number of carbonyl (C=O) groups is 2. The Labute approximate surface area is 174 Å². The van der Waals surface area contributed by atoms with Crippen molar-refractivity contribution in [2.24, 2.45) is 0 Å². The van der Waals surface area contributed by atoms with Crippen LogP contribution in [0.3, 0.4) is 0 Å². The highest BCUT2D eigenvalue weighted by molar-refractivity contribution is 5.97. The molecule has 0 saturated heterocycles. The zero-order chi connectivity index (χ0) is 21.3. The second-order valence-electron chi connectivity index (χ2n) is 7.40. The van der Waals surface area contributed by atoms with Gasteiger partial charge in [0.2, 0.25) is 5.91 Å². The van der Waals surface area contributed by atoms with Crippen molar-refractivity contribution in [2.75, 3.05) is 0 Å². The van der Waals surface area contributed by atoms with Crippen LogP contribution in [0.1, 0.15) is 32.9 Å². The second-order valence-corrected chi connectivity index (χ2v) is 7.40. The molecule has 2 heterocycles. The van der Waals surface area contributed by atoms with Gasteiger partial charge in [0.15, 0.2) is 0 Å². The smallest absolute Gasteiger partial charge is 0.271 e. The molecule has 2 aromatic heterocycles. The molecular weight excluding hydrogens is 378 g/mol. The topological polar surface area (TPSA) is 76.3 Å². The summed E-state index contributed by atoms with van der Waals surface area (Å²) in [5, 5.41) is 0.897. The van der Waals surface area contributed by atoms with Crippen LogP contribution < -0.4 is 10.9 Å². The van der Waals surface area contributed by atoms with Gasteiger partial charge in [0, 0.05) is 28.0 Å². The van der Waals surface area contributed by atoms with Crippen LogP contribution >= 0.6 is 0 Å². The van der Waals surface area contributed by atoms with Gasteiger partial charge in [-0.25, -0.2) is 0 Å². The summed E-state index contributed by atoms with van der Waals surface area (Å²) in [7, 11) is 0. The SMILES string of the molecule is Cc1ccc2c(CC(=O)NNC(=O)c3cc(C)n(-c4ccccc4)c3C)coc2c1. The maximum atomic E-state index is 12.7. The number of para-hydroxylation sites is 1. The highest BCUT2D eigenvalue weighted by Crippen LogP contribution is 2.23. The Bertz CT molecular complexity index is 1240. The van der Waals surface area contributed by atoms with Crippen molar-refractivity contribution in [1.29, 1.82) is 0 Å². The summed E-state index contributed by atoms with van der Waals surface area (Å²) in [6.45, 7) is 5.82. The number of fused-ring (bicyclic) bond motifs is 1. The van der Waals surface area contributed by atoms with Gasteiger partial charge in [-0.05, 0) is 50.6 Å². The molecule has 0 unspecified atom stereocenters. The van der Waals surface area contributed by atoms with E-state index in [1.54, 1.807) is 6.26 Å². The Balaban J connectivity index is 1.44. The molecule has 0 aliphatic carbocycles. The lowest BCUT2D eigenvalue weighted by molar-refractivity contribution is -0.121. The zero-order valence-electron chi connectivity index (χ0n) is 17.2. The van der Waals surface area contributed by atoms with Gasteiger partial charge < -0.3 is 8.98 Å². The van der Waals surface area contributed by atoms with Crippen LogP contribution in [0.4, 0.5) is 0 Å². The number of aryl methyl sites for hydroxylation is 2. The summed E-state index contributed by atoms with van der Waals surface area (Å²) < 4.78 is 7.54. The van der Waals surface area contributed by atoms with Crippen molar-refractivity contribution in [3.8, 4) is 5.69 Å². The summed E-state index contributed by atoms with van der Waals surface area (Å²) in [5.41, 5.74) is 10.9. The number of hydrazine groups is 1. The Morgan fingerprint density at radius 3 is 2.50 bits per heavy atom. The number of nitrogens with zero attached hydrogens (tertiary/aromatic N) is 1. The lowest BCUT2D eigenvalue weighted by Gasteiger charge is -2.10. The molecule has 0 saturated carbocycles. The van der Waals surface area contributed by atoms with E-state index in [4.69, 9.17) is 4.42 Å². The average Bonchev–Trinajstić information content (AvgIpc) is 3.26. The normalized spacial score (nSPS) is 10.9. The minimum absolute atomic E-state index is 0.110. The lowest BCUT2D eigenvalue weighted by atomic mass is 10.1. The summed E-state index contributed by atoms with van der Waals surface area (Å²) in [6, 6.07) is 17.5. The third kappa shape index (κ3) is 3.72. The number of furan rings is 1. The molecule has 6 heteroatoms. The van der Waals surface area contributed by atoms with Crippen LogP contribution in [0.15, 0.2) is 65.3 Å². The third-order valence-electron chi connectivity index (χ3n) is 5.17. The fourth-order valence-corrected chi connectivity index (χ4v) is 3.71. The van der Waals surface area contributed by atoms with Gasteiger partial charge in [0.05, 0.1) is 18.2 Å². The number of hydrogen-bond donors (Lipinski definition) is 2. The van der Waals surface area contributed by atoms with Crippen LogP contribution in [-0.4, -0.2) is 16.4 Å². The molecule has 0 atom stereocenters. The number of amides is 2. The second kappa shape index (κ2) is 7.91. The lowest BCUT2D eigenvalue weighted by Crippen LogP contribution is -2.42. The van der Waals surface area contributed by atoms with Crippen LogP contribution in [0.25, 0.3) is 16.7 Å². The average molecular weight is 401 g/mol. The molecule has 0 aliphatic heterocycles. The summed E-state index contributed by atoms with van der Waals surface area (Å²) in [4.78, 5) is 25.0. The summed E-state index contributed by atoms with van der Waals surface area (Å²) in [5.74, 6) is -0.671. The highest BCUT2D eigenvalue weighted by atomic mass is 16.3. The Morgan fingerprint density at radius 1 is 0.967 bits per heavy atom. The number of rotatable bonds is 4. The van der Waals surface area contributed by atoms with Crippen molar-refractivity contribution < 1.29 is 14.0 Å². The maximum Gasteiger partial charge on any atom is 0.271 e. The Morgan fingerprint density at radius 2 is 1.73 bits per heavy atom. The third-order valence-corrected chi connectivity index (χ3v) is 5.17. The first kappa shape index (κ1) is 19.5. The molecule has 2 amide bonds. The summed E-state index contributed by atoms with van der Waals surface area (Å²) in [6.07, 6.45) is 1.69. The Hall–Kier alpha value is -3.80. The molecule has 2 N–H and O–H groups in total. The van der Waals surface area contributed by atoms with Crippen LogP contribution in [0.5, 0.6) is 0 Å². The minimum atomic E-state index is -0.355. The number of carbonyl (C=O) groups excluding carboxylic acids is 2. The molecule has 4 rings (SSSR count). The molecule has 152 valence electrons. The number of nitrogens with one attached hydrogen (secondary N) is 2. The van der Waals surface area contributed by atoms with E-state index in [1.807, 2.05) is 79.9 Å². The van der Waals surface area contributed by atoms with Crippen molar-refractivity contribution in [3.05, 3.63) is 88.9 Å². The van der Waals surface area contributed by atoms with Crippen molar-refractivity contribution >= 4 is 22.8 Å². The van der Waals surface area contributed by atoms with E-state index in [0.717, 1.165) is 39.2 Å². The van der Waals surface area contributed by atoms with Gasteiger partial charge in [-0.3, -0.25) is 20.4 Å². The number of aromatic nitrogens is 1. The molecule has 0 spiro atoms. The van der Waals surface area contributed by atoms with Gasteiger partial charge in [-0.15, -0.1) is 0 Å². The van der Waals surface area contributed by atoms with Crippen LogP contribution in [0.2, 0.25) is 0 Å². The van der Waals surface area contributed by atoms with Crippen molar-refractivity contribution in [3.63, 3.8) is 0 Å². The fourth-order valence-electron chi connectivity index (χ4n) is 3.71. The van der Waals surface area contributed by atoms with Crippen LogP contribution in [0, 0.1) is 20.8 Å². The molecular formula is C24H23N3O3. The minimum Gasteiger partial charge on any atom is -0.464 e. The number of benzene rings is 2. The van der Waals surface area contributed by atoms with Gasteiger partial charge in [-0.1, -0.05) is 30.3 Å². The van der Waals surface area contributed by atoms with E-state index in [-0.39, 0.29) is 18.2 Å². The van der Waals surface area contributed by atoms with E-state index >= 15 is 0 Å². The van der Waals surface area contributed by atoms with E-state index < -0.39 is 0 Å². The van der Waals surface area contributed by atoms with E-state index in [0.29, 0.717) is 5.56 Å². The van der Waals surface area contributed by atoms with Crippen molar-refractivity contribution in [1.82, 2.24) is 15.4 Å². The van der Waals surface area contributed by atoms with Gasteiger partial charge >= 0.3 is 0 Å². The molecule has 0 aliphatic rings. The fraction of sp³-hybridized carbons (Fsp3) is 0.167. The molecule has 30 heavy (non-hydrogen) atoms. The standard InChI is InChI=1S/C24H23N3O3/c1-15-9-10-20-18(14-30-22(20)11-15)13-23(28)25-26-24(29)21-12-16(2)27(17(21)3)19-7-5-4-6-8-19/h4-12,14H,13H2,1-3H3,(H,25,28)(H,26,29). The number of hydrogen-bond acceptors (Lipinski definition) is 3. The molecule has 4 aromatic rings. The Kier molecular flexibility index (Phi) is 5.14. The molecule has 6 nitrogen and oxygen atoms in total. The van der Waals surface area contributed by atoms with Gasteiger partial charge in [0.25, 0.3) is 5.91 Å². The highest BCUT2D eigenvalue weighted by Gasteiger charge is 2.17. The zero-order valence-corrected chi connectivity index (χ0v) is 17.2. The first-order valence-corrected chi connectivity index (χ1v) is 9.74. The first-order chi connectivity index (χ1) is 14.4. The van der Waals surface area contributed by atoms with Gasteiger partial charge in [-0.2, -0.15) is 0 Å². The molecule has 0 radical (unpaired) electrons. The molecule has 2 aromatic carbocycles. The molecule has 0 fully saturated rings. The van der Waals surface area contributed by atoms with Crippen molar-refractivity contribution in [2.45, 2.75) is 27.2 Å². The predicted molar refractivity (Wildman–Crippen MR) is 116 cm³/mol. The first-order valence-electron chi connectivity index (χ1n) is 9.74. The van der Waals surface area contributed by atoms with Crippen LogP contribution in [-0.2, 0) is 11.2 Å². The molecule has 0 bridgehead atoms. The quantitative estimate of drug-likeness (QED) is 0.504.